The second-order valence-corrected chi connectivity index (χ2v) is 6.33. The lowest BCUT2D eigenvalue weighted by Gasteiger charge is -2.25. The van der Waals surface area contributed by atoms with Gasteiger partial charge in [0.25, 0.3) is 0 Å². The first-order valence-electron chi connectivity index (χ1n) is 7.86. The fraction of sp³-hybridized carbons (Fsp3) is 0.588. The zero-order chi connectivity index (χ0) is 15.4. The molecule has 0 saturated heterocycles. The van der Waals surface area contributed by atoms with Gasteiger partial charge in [-0.2, -0.15) is 0 Å². The van der Waals surface area contributed by atoms with E-state index in [0.29, 0.717) is 12.0 Å². The van der Waals surface area contributed by atoms with Crippen molar-refractivity contribution < 1.29 is 0 Å². The number of guanidine groups is 1. The van der Waals surface area contributed by atoms with Crippen LogP contribution in [0, 0.1) is 13.8 Å². The van der Waals surface area contributed by atoms with Gasteiger partial charge in [-0.05, 0) is 63.8 Å². The van der Waals surface area contributed by atoms with Crippen LogP contribution in [-0.2, 0) is 0 Å². The van der Waals surface area contributed by atoms with Crippen molar-refractivity contribution in [3.8, 4) is 0 Å². The van der Waals surface area contributed by atoms with E-state index < -0.39 is 0 Å². The van der Waals surface area contributed by atoms with Gasteiger partial charge in [0, 0.05) is 24.3 Å². The van der Waals surface area contributed by atoms with Crippen LogP contribution in [0.1, 0.15) is 37.8 Å². The molecule has 0 spiro atoms. The van der Waals surface area contributed by atoms with Gasteiger partial charge in [-0.3, -0.25) is 9.89 Å². The van der Waals surface area contributed by atoms with E-state index in [9.17, 15) is 0 Å². The zero-order valence-corrected chi connectivity index (χ0v) is 16.4. The van der Waals surface area contributed by atoms with Gasteiger partial charge in [-0.1, -0.05) is 6.07 Å². The molecule has 0 amide bonds. The average molecular weight is 416 g/mol. The minimum Gasteiger partial charge on any atom is -0.370 e. The monoisotopic (exact) mass is 416 g/mol. The van der Waals surface area contributed by atoms with Crippen LogP contribution in [0.5, 0.6) is 0 Å². The van der Waals surface area contributed by atoms with Gasteiger partial charge in [-0.15, -0.1) is 24.0 Å². The molecule has 1 fully saturated rings. The highest BCUT2D eigenvalue weighted by Crippen LogP contribution is 2.28. The molecule has 0 aromatic heterocycles. The summed E-state index contributed by atoms with van der Waals surface area (Å²) in [5, 5.41) is 3.18. The molecule has 1 aliphatic rings. The van der Waals surface area contributed by atoms with Crippen LogP contribution in [0.2, 0.25) is 0 Å². The molecule has 0 bridgehead atoms. The summed E-state index contributed by atoms with van der Waals surface area (Å²) < 4.78 is 0. The number of hydrogen-bond acceptors (Lipinski definition) is 2. The largest absolute Gasteiger partial charge is 0.370 e. The molecule has 4 nitrogen and oxygen atoms in total. The number of nitrogens with one attached hydrogen (secondary N) is 1. The summed E-state index contributed by atoms with van der Waals surface area (Å²) in [4.78, 5) is 6.97. The summed E-state index contributed by atoms with van der Waals surface area (Å²) in [6.07, 6.45) is 2.66. The molecule has 0 atom stereocenters. The number of hydrogen-bond donors (Lipinski definition) is 2. The van der Waals surface area contributed by atoms with E-state index in [4.69, 9.17) is 5.73 Å². The first-order chi connectivity index (χ1) is 9.95. The van der Waals surface area contributed by atoms with E-state index in [1.165, 1.54) is 24.0 Å². The number of nitrogens with two attached hydrogens (primary N) is 1. The van der Waals surface area contributed by atoms with Crippen molar-refractivity contribution in [2.45, 2.75) is 52.6 Å². The lowest BCUT2D eigenvalue weighted by molar-refractivity contribution is 0.218. The number of benzene rings is 1. The van der Waals surface area contributed by atoms with Gasteiger partial charge in [0.1, 0.15) is 0 Å². The van der Waals surface area contributed by atoms with Gasteiger partial charge in [0.15, 0.2) is 5.96 Å². The molecule has 1 aromatic carbocycles. The minimum atomic E-state index is 0. The summed E-state index contributed by atoms with van der Waals surface area (Å²) in [5.74, 6) is 0.500. The summed E-state index contributed by atoms with van der Waals surface area (Å²) in [5.41, 5.74) is 9.44. The standard InChI is InChI=1S/C17H28N4.HI/c1-12(2)21(16-5-6-16)8-7-19-17(18)20-15-10-13(3)9-14(4)11-15;/h9-12,16H,5-8H2,1-4H3,(H3,18,19,20);1H. The maximum absolute atomic E-state index is 5.98. The van der Waals surface area contributed by atoms with Crippen LogP contribution in [0.25, 0.3) is 0 Å². The number of aliphatic imine (C=N–C) groups is 1. The van der Waals surface area contributed by atoms with Crippen LogP contribution in [0.3, 0.4) is 0 Å². The second kappa shape index (κ2) is 8.72. The number of nitrogens with zero attached hydrogens (tertiary/aromatic N) is 2. The number of rotatable bonds is 6. The number of anilines is 1. The Balaban J connectivity index is 0.00000242. The Morgan fingerprint density at radius 1 is 1.27 bits per heavy atom. The second-order valence-electron chi connectivity index (χ2n) is 6.33. The van der Waals surface area contributed by atoms with E-state index in [1.807, 2.05) is 0 Å². The van der Waals surface area contributed by atoms with E-state index in [2.05, 4.69) is 61.1 Å². The normalized spacial score (nSPS) is 15.1. The van der Waals surface area contributed by atoms with Crippen molar-refractivity contribution in [2.75, 3.05) is 18.4 Å². The molecule has 22 heavy (non-hydrogen) atoms. The first kappa shape index (κ1) is 19.2. The molecular formula is C17H29IN4. The van der Waals surface area contributed by atoms with E-state index >= 15 is 0 Å². The van der Waals surface area contributed by atoms with Crippen LogP contribution in [0.15, 0.2) is 23.2 Å². The van der Waals surface area contributed by atoms with E-state index in [-0.39, 0.29) is 24.0 Å². The fourth-order valence-corrected chi connectivity index (χ4v) is 2.79. The zero-order valence-electron chi connectivity index (χ0n) is 14.1. The molecule has 1 saturated carbocycles. The SMILES string of the molecule is Cc1cc(C)cc(NC(N)=NCCN(C(C)C)C2CC2)c1.I. The summed E-state index contributed by atoms with van der Waals surface area (Å²) >= 11 is 0. The van der Waals surface area contributed by atoms with Gasteiger partial charge in [0.2, 0.25) is 0 Å². The molecule has 0 heterocycles. The average Bonchev–Trinajstić information content (AvgIpc) is 3.16. The Morgan fingerprint density at radius 2 is 1.86 bits per heavy atom. The Bertz CT molecular complexity index is 487. The summed E-state index contributed by atoms with van der Waals surface area (Å²) in [7, 11) is 0. The lowest BCUT2D eigenvalue weighted by atomic mass is 10.1. The fourth-order valence-electron chi connectivity index (χ4n) is 2.79. The van der Waals surface area contributed by atoms with Gasteiger partial charge in [-0.25, -0.2) is 0 Å². The van der Waals surface area contributed by atoms with Gasteiger partial charge < -0.3 is 11.1 Å². The molecule has 5 heteroatoms. The van der Waals surface area contributed by atoms with Gasteiger partial charge in [0.05, 0.1) is 6.54 Å². The third kappa shape index (κ3) is 6.12. The maximum Gasteiger partial charge on any atom is 0.193 e. The lowest BCUT2D eigenvalue weighted by Crippen LogP contribution is -2.35. The van der Waals surface area contributed by atoms with Crippen LogP contribution in [0.4, 0.5) is 5.69 Å². The predicted molar refractivity (Wildman–Crippen MR) is 106 cm³/mol. The van der Waals surface area contributed by atoms with Gasteiger partial charge >= 0.3 is 0 Å². The number of aryl methyl sites for hydroxylation is 2. The summed E-state index contributed by atoms with van der Waals surface area (Å²) in [6, 6.07) is 7.67. The number of halogens is 1. The third-order valence-corrected chi connectivity index (χ3v) is 3.81. The summed E-state index contributed by atoms with van der Waals surface area (Å²) in [6.45, 7) is 10.4. The smallest absolute Gasteiger partial charge is 0.193 e. The van der Waals surface area contributed by atoms with Crippen molar-refractivity contribution >= 4 is 35.6 Å². The van der Waals surface area contributed by atoms with Crippen LogP contribution >= 0.6 is 24.0 Å². The van der Waals surface area contributed by atoms with Crippen molar-refractivity contribution in [1.29, 1.82) is 0 Å². The highest BCUT2D eigenvalue weighted by atomic mass is 127. The third-order valence-electron chi connectivity index (χ3n) is 3.81. The molecule has 3 N–H and O–H groups in total. The molecule has 0 unspecified atom stereocenters. The molecule has 1 aromatic rings. The molecule has 124 valence electrons. The van der Waals surface area contributed by atoms with E-state index in [0.717, 1.165) is 24.8 Å². The minimum absolute atomic E-state index is 0. The molecule has 1 aliphatic carbocycles. The van der Waals surface area contributed by atoms with E-state index in [1.54, 1.807) is 0 Å². The van der Waals surface area contributed by atoms with Crippen LogP contribution < -0.4 is 11.1 Å². The highest BCUT2D eigenvalue weighted by molar-refractivity contribution is 14.0. The molecule has 0 radical (unpaired) electrons. The maximum atomic E-state index is 5.98. The topological polar surface area (TPSA) is 53.6 Å². The molecule has 2 rings (SSSR count). The Kier molecular flexibility index (Phi) is 7.62. The quantitative estimate of drug-likeness (QED) is 0.424. The predicted octanol–water partition coefficient (Wildman–Crippen LogP) is 3.52. The van der Waals surface area contributed by atoms with Crippen molar-refractivity contribution in [3.63, 3.8) is 0 Å². The van der Waals surface area contributed by atoms with Crippen molar-refractivity contribution in [3.05, 3.63) is 29.3 Å². The highest BCUT2D eigenvalue weighted by Gasteiger charge is 2.29. The Labute approximate surface area is 151 Å². The molecule has 0 aliphatic heterocycles. The first-order valence-corrected chi connectivity index (χ1v) is 7.86. The van der Waals surface area contributed by atoms with Crippen molar-refractivity contribution in [2.24, 2.45) is 10.7 Å². The Morgan fingerprint density at radius 3 is 2.36 bits per heavy atom. The Hall–Kier alpha value is -0.820. The van der Waals surface area contributed by atoms with Crippen LogP contribution in [-0.4, -0.2) is 36.0 Å². The molecular weight excluding hydrogens is 387 g/mol. The van der Waals surface area contributed by atoms with Crippen molar-refractivity contribution in [1.82, 2.24) is 4.90 Å².